The summed E-state index contributed by atoms with van der Waals surface area (Å²) in [6.45, 7) is 0. The van der Waals surface area contributed by atoms with Crippen molar-refractivity contribution in [1.29, 1.82) is 0 Å². The van der Waals surface area contributed by atoms with E-state index in [1.807, 2.05) is 18.2 Å². The van der Waals surface area contributed by atoms with Gasteiger partial charge in [0.2, 0.25) is 0 Å². The van der Waals surface area contributed by atoms with E-state index < -0.39 is 5.60 Å². The molecule has 0 aliphatic carbocycles. The first-order valence-electron chi connectivity index (χ1n) is 4.94. The molecule has 0 radical (unpaired) electrons. The van der Waals surface area contributed by atoms with Crippen LogP contribution < -0.4 is 0 Å². The maximum atomic E-state index is 10.5. The van der Waals surface area contributed by atoms with E-state index in [4.69, 9.17) is 6.42 Å². The van der Waals surface area contributed by atoms with Crippen molar-refractivity contribution in [3.8, 4) is 12.3 Å². The molecule has 0 fully saturated rings. The highest BCUT2D eigenvalue weighted by Crippen LogP contribution is 2.26. The van der Waals surface area contributed by atoms with Crippen LogP contribution in [-0.2, 0) is 5.60 Å². The standard InChI is InChI=1S/C14H11NO/c1-2-14(16,12-8-4-3-5-9-12)13-10-6-7-11-15-13/h1,3-11,16H. The Kier molecular flexibility index (Phi) is 2.72. The van der Waals surface area contributed by atoms with Gasteiger partial charge in [-0.25, -0.2) is 0 Å². The van der Waals surface area contributed by atoms with Gasteiger partial charge in [0, 0.05) is 11.8 Å². The van der Waals surface area contributed by atoms with Gasteiger partial charge in [-0.1, -0.05) is 42.3 Å². The number of terminal acetylenes is 1. The Balaban J connectivity index is 2.55. The van der Waals surface area contributed by atoms with Crippen LogP contribution in [0.25, 0.3) is 0 Å². The predicted octanol–water partition coefficient (Wildman–Crippen LogP) is 1.95. The Morgan fingerprint density at radius 3 is 2.31 bits per heavy atom. The van der Waals surface area contributed by atoms with Crippen LogP contribution in [0.2, 0.25) is 0 Å². The van der Waals surface area contributed by atoms with E-state index >= 15 is 0 Å². The SMILES string of the molecule is C#CC(O)(c1ccccc1)c1ccccn1. The average Bonchev–Trinajstić information content (AvgIpc) is 2.40. The lowest BCUT2D eigenvalue weighted by atomic mass is 9.91. The van der Waals surface area contributed by atoms with Crippen molar-refractivity contribution in [1.82, 2.24) is 4.98 Å². The molecule has 1 unspecified atom stereocenters. The molecule has 2 rings (SSSR count). The molecule has 0 aliphatic heterocycles. The molecule has 1 aromatic heterocycles. The third-order valence-electron chi connectivity index (χ3n) is 2.44. The summed E-state index contributed by atoms with van der Waals surface area (Å²) < 4.78 is 0. The van der Waals surface area contributed by atoms with E-state index in [2.05, 4.69) is 10.9 Å². The van der Waals surface area contributed by atoms with Crippen LogP contribution in [0.1, 0.15) is 11.3 Å². The Morgan fingerprint density at radius 1 is 1.06 bits per heavy atom. The van der Waals surface area contributed by atoms with E-state index in [0.29, 0.717) is 11.3 Å². The highest BCUT2D eigenvalue weighted by atomic mass is 16.3. The molecule has 1 N–H and O–H groups in total. The Morgan fingerprint density at radius 2 is 1.75 bits per heavy atom. The van der Waals surface area contributed by atoms with Gasteiger partial charge in [0.05, 0.1) is 5.69 Å². The highest BCUT2D eigenvalue weighted by molar-refractivity contribution is 5.40. The summed E-state index contributed by atoms with van der Waals surface area (Å²) in [5.41, 5.74) is -0.345. The summed E-state index contributed by atoms with van der Waals surface area (Å²) in [6, 6.07) is 14.4. The molecule has 1 aromatic carbocycles. The average molecular weight is 209 g/mol. The summed E-state index contributed by atoms with van der Waals surface area (Å²) in [7, 11) is 0. The van der Waals surface area contributed by atoms with Gasteiger partial charge >= 0.3 is 0 Å². The number of aliphatic hydroxyl groups is 1. The smallest absolute Gasteiger partial charge is 0.193 e. The van der Waals surface area contributed by atoms with Crippen LogP contribution in [0.4, 0.5) is 0 Å². The minimum absolute atomic E-state index is 0.462. The molecule has 16 heavy (non-hydrogen) atoms. The molecule has 2 heteroatoms. The molecule has 0 bridgehead atoms. The largest absolute Gasteiger partial charge is 0.368 e. The fourth-order valence-electron chi connectivity index (χ4n) is 1.56. The van der Waals surface area contributed by atoms with Crippen molar-refractivity contribution < 1.29 is 5.11 Å². The van der Waals surface area contributed by atoms with E-state index in [1.54, 1.807) is 36.5 Å². The maximum Gasteiger partial charge on any atom is 0.193 e. The number of aromatic nitrogens is 1. The molecule has 1 atom stereocenters. The molecular formula is C14H11NO. The second kappa shape index (κ2) is 4.18. The quantitative estimate of drug-likeness (QED) is 0.767. The van der Waals surface area contributed by atoms with Gasteiger partial charge in [-0.05, 0) is 12.1 Å². The van der Waals surface area contributed by atoms with Crippen LogP contribution in [0.5, 0.6) is 0 Å². The van der Waals surface area contributed by atoms with Gasteiger partial charge in [0.25, 0.3) is 0 Å². The molecule has 0 amide bonds. The Labute approximate surface area is 94.6 Å². The predicted molar refractivity (Wildman–Crippen MR) is 62.5 cm³/mol. The first kappa shape index (κ1) is 10.4. The van der Waals surface area contributed by atoms with Crippen LogP contribution in [0.15, 0.2) is 54.7 Å². The summed E-state index contributed by atoms with van der Waals surface area (Å²) in [4.78, 5) is 4.11. The van der Waals surface area contributed by atoms with Gasteiger partial charge < -0.3 is 5.11 Å². The molecular weight excluding hydrogens is 198 g/mol. The minimum atomic E-state index is -1.46. The zero-order chi connectivity index (χ0) is 11.4. The Hall–Kier alpha value is -2.11. The van der Waals surface area contributed by atoms with Crippen molar-refractivity contribution in [2.45, 2.75) is 5.60 Å². The zero-order valence-electron chi connectivity index (χ0n) is 8.67. The monoisotopic (exact) mass is 209 g/mol. The van der Waals surface area contributed by atoms with E-state index in [0.717, 1.165) is 0 Å². The van der Waals surface area contributed by atoms with Gasteiger partial charge in [-0.2, -0.15) is 0 Å². The molecule has 78 valence electrons. The fraction of sp³-hybridized carbons (Fsp3) is 0.0714. The lowest BCUT2D eigenvalue weighted by molar-refractivity contribution is 0.140. The number of benzene rings is 1. The minimum Gasteiger partial charge on any atom is -0.368 e. The normalized spacial score (nSPS) is 13.8. The van der Waals surface area contributed by atoms with E-state index in [-0.39, 0.29) is 0 Å². The molecule has 1 heterocycles. The van der Waals surface area contributed by atoms with Crippen LogP contribution >= 0.6 is 0 Å². The summed E-state index contributed by atoms with van der Waals surface area (Å²) in [5.74, 6) is 2.40. The topological polar surface area (TPSA) is 33.1 Å². The van der Waals surface area contributed by atoms with E-state index in [1.165, 1.54) is 0 Å². The van der Waals surface area contributed by atoms with Crippen molar-refractivity contribution in [2.75, 3.05) is 0 Å². The molecule has 2 aromatic rings. The second-order valence-corrected chi connectivity index (χ2v) is 3.44. The van der Waals surface area contributed by atoms with Crippen LogP contribution in [-0.4, -0.2) is 10.1 Å². The molecule has 0 saturated carbocycles. The van der Waals surface area contributed by atoms with Crippen molar-refractivity contribution in [3.63, 3.8) is 0 Å². The van der Waals surface area contributed by atoms with Crippen LogP contribution in [0, 0.1) is 12.3 Å². The van der Waals surface area contributed by atoms with Gasteiger partial charge in [-0.3, -0.25) is 4.98 Å². The summed E-state index contributed by atoms with van der Waals surface area (Å²) >= 11 is 0. The lowest BCUT2D eigenvalue weighted by Gasteiger charge is -2.21. The number of rotatable bonds is 2. The first-order valence-corrected chi connectivity index (χ1v) is 4.94. The molecule has 0 aliphatic rings. The molecule has 2 nitrogen and oxygen atoms in total. The van der Waals surface area contributed by atoms with Gasteiger partial charge in [0.1, 0.15) is 0 Å². The number of hydrogen-bond acceptors (Lipinski definition) is 2. The zero-order valence-corrected chi connectivity index (χ0v) is 8.67. The summed E-state index contributed by atoms with van der Waals surface area (Å²) in [6.07, 6.45) is 7.04. The third-order valence-corrected chi connectivity index (χ3v) is 2.44. The number of nitrogens with zero attached hydrogens (tertiary/aromatic N) is 1. The second-order valence-electron chi connectivity index (χ2n) is 3.44. The van der Waals surface area contributed by atoms with Gasteiger partial charge in [0.15, 0.2) is 5.60 Å². The number of hydrogen-bond donors (Lipinski definition) is 1. The Bertz CT molecular complexity index is 460. The van der Waals surface area contributed by atoms with Crippen molar-refractivity contribution in [3.05, 3.63) is 66.0 Å². The molecule has 0 saturated heterocycles. The highest BCUT2D eigenvalue weighted by Gasteiger charge is 2.30. The van der Waals surface area contributed by atoms with E-state index in [9.17, 15) is 5.11 Å². The van der Waals surface area contributed by atoms with Crippen molar-refractivity contribution >= 4 is 0 Å². The van der Waals surface area contributed by atoms with Crippen LogP contribution in [0.3, 0.4) is 0 Å². The summed E-state index contributed by atoms with van der Waals surface area (Å²) in [5, 5.41) is 10.5. The first-order chi connectivity index (χ1) is 7.77. The van der Waals surface area contributed by atoms with Crippen molar-refractivity contribution in [2.24, 2.45) is 0 Å². The number of pyridine rings is 1. The maximum absolute atomic E-state index is 10.5. The fourth-order valence-corrected chi connectivity index (χ4v) is 1.56. The lowest BCUT2D eigenvalue weighted by Crippen LogP contribution is -2.26. The molecule has 0 spiro atoms. The van der Waals surface area contributed by atoms with Gasteiger partial charge in [-0.15, -0.1) is 6.42 Å². The third kappa shape index (κ3) is 1.69.